The zero-order valence-corrected chi connectivity index (χ0v) is 24.9. The van der Waals surface area contributed by atoms with Gasteiger partial charge in [-0.25, -0.2) is 0 Å². The van der Waals surface area contributed by atoms with Crippen molar-refractivity contribution in [3.63, 3.8) is 0 Å². The highest BCUT2D eigenvalue weighted by molar-refractivity contribution is 6.46. The van der Waals surface area contributed by atoms with Gasteiger partial charge in [0.2, 0.25) is 5.75 Å². The average Bonchev–Trinajstić information content (AvgIpc) is 3.20. The summed E-state index contributed by atoms with van der Waals surface area (Å²) in [5.74, 6) is 0.559. The number of aliphatic hydroxyl groups excluding tert-OH is 1. The maximum absolute atomic E-state index is 13.5. The maximum Gasteiger partial charge on any atom is 0.295 e. The molecule has 3 rings (SSSR count). The number of ketones is 1. The fourth-order valence-electron chi connectivity index (χ4n) is 4.88. The Morgan fingerprint density at radius 3 is 2.10 bits per heavy atom. The lowest BCUT2D eigenvalue weighted by atomic mass is 9.94. The van der Waals surface area contributed by atoms with Gasteiger partial charge in [-0.05, 0) is 67.4 Å². The molecule has 1 N–H and O–H groups in total. The van der Waals surface area contributed by atoms with E-state index in [0.29, 0.717) is 59.7 Å². The first kappa shape index (κ1) is 30.8. The van der Waals surface area contributed by atoms with E-state index in [1.165, 1.54) is 26.2 Å². The minimum atomic E-state index is -0.860. The summed E-state index contributed by atoms with van der Waals surface area (Å²) >= 11 is 0. The van der Waals surface area contributed by atoms with Crippen LogP contribution < -0.4 is 18.9 Å². The molecule has 9 heteroatoms. The van der Waals surface area contributed by atoms with Gasteiger partial charge in [-0.3, -0.25) is 9.59 Å². The van der Waals surface area contributed by atoms with Crippen LogP contribution in [0, 0.1) is 12.8 Å². The number of nitrogens with zero attached hydrogens (tertiary/aromatic N) is 2. The minimum absolute atomic E-state index is 0.00840. The Morgan fingerprint density at radius 2 is 1.60 bits per heavy atom. The predicted molar refractivity (Wildman–Crippen MR) is 154 cm³/mol. The molecule has 40 heavy (non-hydrogen) atoms. The number of hydrogen-bond donors (Lipinski definition) is 1. The number of carbonyl (C=O) groups is 2. The molecule has 9 nitrogen and oxygen atoms in total. The number of Topliss-reactive ketones (excluding diaryl/α,β-unsaturated/α-hetero) is 1. The normalized spacial score (nSPS) is 16.6. The van der Waals surface area contributed by atoms with Crippen molar-refractivity contribution in [2.45, 2.75) is 40.7 Å². The summed E-state index contributed by atoms with van der Waals surface area (Å²) in [5, 5.41) is 11.6. The van der Waals surface area contributed by atoms with Crippen molar-refractivity contribution in [3.8, 4) is 23.0 Å². The van der Waals surface area contributed by atoms with Crippen LogP contribution in [0.3, 0.4) is 0 Å². The van der Waals surface area contributed by atoms with Gasteiger partial charge in [-0.2, -0.15) is 0 Å². The van der Waals surface area contributed by atoms with E-state index < -0.39 is 17.7 Å². The molecule has 0 unspecified atom stereocenters. The van der Waals surface area contributed by atoms with Crippen molar-refractivity contribution < 1.29 is 33.6 Å². The summed E-state index contributed by atoms with van der Waals surface area (Å²) in [7, 11) is 4.52. The number of likely N-dealkylation sites (N-methyl/N-ethyl adjacent to an activating group) is 1. The van der Waals surface area contributed by atoms with Crippen molar-refractivity contribution in [2.75, 3.05) is 54.1 Å². The molecule has 0 aliphatic carbocycles. The number of aliphatic hydroxyl groups is 1. The van der Waals surface area contributed by atoms with E-state index >= 15 is 0 Å². The predicted octanol–water partition coefficient (Wildman–Crippen LogP) is 4.82. The highest BCUT2D eigenvalue weighted by Gasteiger charge is 2.46. The largest absolute Gasteiger partial charge is 0.507 e. The molecule has 1 aliphatic rings. The van der Waals surface area contributed by atoms with Crippen LogP contribution in [-0.4, -0.2) is 80.7 Å². The quantitative estimate of drug-likeness (QED) is 0.214. The summed E-state index contributed by atoms with van der Waals surface area (Å²) in [5.41, 5.74) is 1.80. The minimum Gasteiger partial charge on any atom is -0.507 e. The lowest BCUT2D eigenvalue weighted by Crippen LogP contribution is -2.38. The second-order valence-corrected chi connectivity index (χ2v) is 10.2. The molecule has 218 valence electrons. The number of carbonyl (C=O) groups excluding carboxylic acids is 2. The highest BCUT2D eigenvalue weighted by Crippen LogP contribution is 2.45. The van der Waals surface area contributed by atoms with Gasteiger partial charge in [0.25, 0.3) is 11.7 Å². The number of amides is 1. The lowest BCUT2D eigenvalue weighted by Gasteiger charge is -2.29. The first-order chi connectivity index (χ1) is 19.1. The van der Waals surface area contributed by atoms with E-state index in [2.05, 4.69) is 18.7 Å². The van der Waals surface area contributed by atoms with E-state index in [1.54, 1.807) is 30.3 Å². The van der Waals surface area contributed by atoms with Crippen LogP contribution in [0.1, 0.15) is 50.4 Å². The van der Waals surface area contributed by atoms with Gasteiger partial charge in [-0.1, -0.05) is 27.7 Å². The second-order valence-electron chi connectivity index (χ2n) is 10.2. The molecule has 1 aliphatic heterocycles. The van der Waals surface area contributed by atoms with E-state index in [4.69, 9.17) is 18.9 Å². The van der Waals surface area contributed by atoms with E-state index in [0.717, 1.165) is 18.7 Å². The third kappa shape index (κ3) is 6.36. The Balaban J connectivity index is 2.18. The molecule has 1 atom stereocenters. The van der Waals surface area contributed by atoms with Crippen LogP contribution in [-0.2, 0) is 9.59 Å². The van der Waals surface area contributed by atoms with E-state index in [1.807, 2.05) is 20.8 Å². The zero-order valence-electron chi connectivity index (χ0n) is 24.9. The van der Waals surface area contributed by atoms with Crippen molar-refractivity contribution in [1.29, 1.82) is 0 Å². The van der Waals surface area contributed by atoms with E-state index in [-0.39, 0.29) is 11.3 Å². The summed E-state index contributed by atoms with van der Waals surface area (Å²) in [6.07, 6.45) is 0. The number of aryl methyl sites for hydroxylation is 1. The Hall–Kier alpha value is -3.72. The molecule has 1 fully saturated rings. The van der Waals surface area contributed by atoms with Gasteiger partial charge < -0.3 is 33.9 Å². The SMILES string of the molecule is CCN(CC)CCN1C(=O)C(=O)C(=C(O)c2ccc(OCC(C)C)c(C)c2)[C@H]1c1cc(OC)c(OC)c(OC)c1. The van der Waals surface area contributed by atoms with Crippen LogP contribution in [0.15, 0.2) is 35.9 Å². The first-order valence-electron chi connectivity index (χ1n) is 13.7. The second kappa shape index (κ2) is 13.6. The van der Waals surface area contributed by atoms with Crippen molar-refractivity contribution in [3.05, 3.63) is 52.6 Å². The zero-order chi connectivity index (χ0) is 29.6. The van der Waals surface area contributed by atoms with Crippen LogP contribution in [0.25, 0.3) is 5.76 Å². The Labute approximate surface area is 237 Å². The molecule has 2 aromatic rings. The Morgan fingerprint density at radius 1 is 0.975 bits per heavy atom. The van der Waals surface area contributed by atoms with Crippen LogP contribution in [0.2, 0.25) is 0 Å². The van der Waals surface area contributed by atoms with Crippen molar-refractivity contribution in [2.24, 2.45) is 5.92 Å². The Bertz CT molecular complexity index is 1230. The maximum atomic E-state index is 13.5. The number of benzene rings is 2. The van der Waals surface area contributed by atoms with Crippen LogP contribution in [0.5, 0.6) is 23.0 Å². The molecule has 0 saturated carbocycles. The molecule has 1 amide bonds. The first-order valence-corrected chi connectivity index (χ1v) is 13.7. The van der Waals surface area contributed by atoms with Crippen LogP contribution >= 0.6 is 0 Å². The smallest absolute Gasteiger partial charge is 0.295 e. The molecule has 0 radical (unpaired) electrons. The number of ether oxygens (including phenoxy) is 4. The van der Waals surface area contributed by atoms with Gasteiger partial charge >= 0.3 is 0 Å². The number of likely N-dealkylation sites (tertiary alicyclic amines) is 1. The fraction of sp³-hybridized carbons (Fsp3) is 0.484. The summed E-state index contributed by atoms with van der Waals surface area (Å²) in [6.45, 7) is 13.1. The van der Waals surface area contributed by atoms with Gasteiger partial charge in [0.1, 0.15) is 11.5 Å². The topological polar surface area (TPSA) is 97.8 Å². The fourth-order valence-corrected chi connectivity index (χ4v) is 4.88. The number of methoxy groups -OCH3 is 3. The summed E-state index contributed by atoms with van der Waals surface area (Å²) < 4.78 is 22.5. The van der Waals surface area contributed by atoms with Gasteiger partial charge in [0.15, 0.2) is 11.5 Å². The monoisotopic (exact) mass is 554 g/mol. The van der Waals surface area contributed by atoms with Crippen molar-refractivity contribution in [1.82, 2.24) is 9.80 Å². The van der Waals surface area contributed by atoms with E-state index in [9.17, 15) is 14.7 Å². The highest BCUT2D eigenvalue weighted by atomic mass is 16.5. The van der Waals surface area contributed by atoms with Crippen molar-refractivity contribution >= 4 is 17.4 Å². The van der Waals surface area contributed by atoms with Gasteiger partial charge in [-0.15, -0.1) is 0 Å². The molecule has 1 saturated heterocycles. The number of hydrogen-bond acceptors (Lipinski definition) is 8. The van der Waals surface area contributed by atoms with Crippen LogP contribution in [0.4, 0.5) is 0 Å². The third-order valence-electron chi connectivity index (χ3n) is 7.11. The molecule has 1 heterocycles. The van der Waals surface area contributed by atoms with Gasteiger partial charge in [0.05, 0.1) is 39.6 Å². The molecule has 0 spiro atoms. The molecule has 0 aromatic heterocycles. The third-order valence-corrected chi connectivity index (χ3v) is 7.11. The lowest BCUT2D eigenvalue weighted by molar-refractivity contribution is -0.140. The molecule has 0 bridgehead atoms. The average molecular weight is 555 g/mol. The summed E-state index contributed by atoms with van der Waals surface area (Å²) in [4.78, 5) is 30.6. The standard InChI is InChI=1S/C31H42N2O7/c1-9-32(10-2)13-14-33-27(22-16-24(37-6)30(39-8)25(17-22)38-7)26(29(35)31(33)36)28(34)21-11-12-23(20(5)15-21)40-18-19(3)4/h11-12,15-17,19,27,34H,9-10,13-14,18H2,1-8H3/t27-/m1/s1. The Kier molecular flexibility index (Phi) is 10.5. The summed E-state index contributed by atoms with van der Waals surface area (Å²) in [6, 6.07) is 7.81. The molecule has 2 aromatic carbocycles. The van der Waals surface area contributed by atoms with Gasteiger partial charge in [0, 0.05) is 18.7 Å². The molecular weight excluding hydrogens is 512 g/mol. The number of rotatable bonds is 13. The molecular formula is C31H42N2O7.